The fourth-order valence-corrected chi connectivity index (χ4v) is 4.87. The number of thiophene rings is 1. The van der Waals surface area contributed by atoms with Gasteiger partial charge in [-0.05, 0) is 67.7 Å². The van der Waals surface area contributed by atoms with Crippen LogP contribution in [0.5, 0.6) is 0 Å². The number of aromatic nitrogens is 1. The molecule has 0 aliphatic rings. The average molecular weight is 391 g/mol. The van der Waals surface area contributed by atoms with Crippen molar-refractivity contribution in [3.05, 3.63) is 35.3 Å². The van der Waals surface area contributed by atoms with Gasteiger partial charge < -0.3 is 4.90 Å². The molecule has 0 aliphatic carbocycles. The van der Waals surface area contributed by atoms with E-state index < -0.39 is 0 Å². The molecule has 0 fully saturated rings. The summed E-state index contributed by atoms with van der Waals surface area (Å²) in [6.07, 6.45) is 5.27. The highest BCUT2D eigenvalue weighted by Gasteiger charge is 2.11. The predicted octanol–water partition coefficient (Wildman–Crippen LogP) is 6.93. The summed E-state index contributed by atoms with van der Waals surface area (Å²) in [6.45, 7) is 12.5. The minimum Gasteiger partial charge on any atom is -0.304 e. The summed E-state index contributed by atoms with van der Waals surface area (Å²) in [7, 11) is 0. The molecule has 144 valence electrons. The first-order chi connectivity index (χ1) is 12.7. The Hall–Kier alpha value is -0.840. The van der Waals surface area contributed by atoms with E-state index >= 15 is 0 Å². The van der Waals surface area contributed by atoms with Crippen molar-refractivity contribution in [2.45, 2.75) is 64.3 Å². The summed E-state index contributed by atoms with van der Waals surface area (Å²) in [5, 5.41) is 3.36. The molecule has 2 rings (SSSR count). The van der Waals surface area contributed by atoms with Crippen LogP contribution in [-0.4, -0.2) is 35.3 Å². The Morgan fingerprint density at radius 2 is 1.81 bits per heavy atom. The Bertz CT molecular complexity index is 619. The molecule has 0 saturated heterocycles. The van der Waals surface area contributed by atoms with Crippen molar-refractivity contribution in [3.63, 3.8) is 0 Å². The van der Waals surface area contributed by atoms with E-state index in [4.69, 9.17) is 4.98 Å². The zero-order chi connectivity index (χ0) is 18.8. The molecule has 0 saturated carbocycles. The Balaban J connectivity index is 1.83. The average Bonchev–Trinajstić information content (AvgIpc) is 3.18. The molecule has 0 atom stereocenters. The normalized spacial score (nSPS) is 11.6. The molecule has 0 spiro atoms. The van der Waals surface area contributed by atoms with Crippen molar-refractivity contribution < 1.29 is 0 Å². The largest absolute Gasteiger partial charge is 0.304 e. The molecule has 2 aromatic rings. The third kappa shape index (κ3) is 6.71. The highest BCUT2D eigenvalue weighted by Crippen LogP contribution is 2.34. The SMILES string of the molecule is CCN(CC)CCCCCCSc1nc(C(C)C)ccc1-c1cccs1. The molecule has 0 amide bonds. The van der Waals surface area contributed by atoms with Gasteiger partial charge in [0.15, 0.2) is 0 Å². The van der Waals surface area contributed by atoms with Gasteiger partial charge in [-0.2, -0.15) is 0 Å². The maximum atomic E-state index is 4.97. The van der Waals surface area contributed by atoms with Crippen LogP contribution in [-0.2, 0) is 0 Å². The molecule has 2 nitrogen and oxygen atoms in total. The fraction of sp³-hybridized carbons (Fsp3) is 0.591. The standard InChI is InChI=1S/C22H34N2S2/c1-5-24(6-2)15-9-7-8-10-16-26-22-19(21-12-11-17-25-21)13-14-20(23-22)18(3)4/h11-14,17-18H,5-10,15-16H2,1-4H3. The van der Waals surface area contributed by atoms with Gasteiger partial charge in [0.05, 0.1) is 0 Å². The number of nitrogens with zero attached hydrogens (tertiary/aromatic N) is 2. The monoisotopic (exact) mass is 390 g/mol. The van der Waals surface area contributed by atoms with E-state index in [-0.39, 0.29) is 0 Å². The summed E-state index contributed by atoms with van der Waals surface area (Å²) >= 11 is 3.74. The van der Waals surface area contributed by atoms with Crippen LogP contribution in [0.15, 0.2) is 34.7 Å². The minimum absolute atomic E-state index is 0.479. The van der Waals surface area contributed by atoms with Crippen LogP contribution in [0.4, 0.5) is 0 Å². The van der Waals surface area contributed by atoms with E-state index in [1.807, 2.05) is 11.8 Å². The Kier molecular flexibility index (Phi) is 9.73. The Labute approximate surface area is 168 Å². The first-order valence-corrected chi connectivity index (χ1v) is 11.9. The Morgan fingerprint density at radius 3 is 2.46 bits per heavy atom. The molecule has 4 heteroatoms. The number of thioether (sulfide) groups is 1. The summed E-state index contributed by atoms with van der Waals surface area (Å²) in [5.74, 6) is 1.64. The second-order valence-corrected chi connectivity index (χ2v) is 9.04. The molecule has 2 heterocycles. The smallest absolute Gasteiger partial charge is 0.105 e. The first-order valence-electron chi connectivity index (χ1n) is 10.1. The van der Waals surface area contributed by atoms with E-state index in [0.29, 0.717) is 5.92 Å². The highest BCUT2D eigenvalue weighted by molar-refractivity contribution is 7.99. The van der Waals surface area contributed by atoms with Gasteiger partial charge in [0.2, 0.25) is 0 Å². The van der Waals surface area contributed by atoms with E-state index in [1.54, 1.807) is 11.3 Å². The third-order valence-electron chi connectivity index (χ3n) is 4.76. The van der Waals surface area contributed by atoms with E-state index in [1.165, 1.54) is 66.5 Å². The highest BCUT2D eigenvalue weighted by atomic mass is 32.2. The lowest BCUT2D eigenvalue weighted by Crippen LogP contribution is -2.23. The minimum atomic E-state index is 0.479. The molecule has 2 aromatic heterocycles. The zero-order valence-electron chi connectivity index (χ0n) is 16.8. The van der Waals surface area contributed by atoms with Crippen LogP contribution in [0.1, 0.15) is 65.0 Å². The maximum Gasteiger partial charge on any atom is 0.105 e. The van der Waals surface area contributed by atoms with Crippen LogP contribution < -0.4 is 0 Å². The van der Waals surface area contributed by atoms with Crippen molar-refractivity contribution in [1.82, 2.24) is 9.88 Å². The van der Waals surface area contributed by atoms with E-state index in [0.717, 1.165) is 5.75 Å². The summed E-state index contributed by atoms with van der Waals surface area (Å²) in [6, 6.07) is 8.78. The van der Waals surface area contributed by atoms with Gasteiger partial charge in [0.25, 0.3) is 0 Å². The topological polar surface area (TPSA) is 16.1 Å². The van der Waals surface area contributed by atoms with Gasteiger partial charge in [-0.15, -0.1) is 23.1 Å². The van der Waals surface area contributed by atoms with Crippen molar-refractivity contribution in [2.75, 3.05) is 25.4 Å². The van der Waals surface area contributed by atoms with Crippen molar-refractivity contribution in [3.8, 4) is 10.4 Å². The lowest BCUT2D eigenvalue weighted by atomic mass is 10.1. The molecule has 0 aliphatic heterocycles. The molecular weight excluding hydrogens is 356 g/mol. The lowest BCUT2D eigenvalue weighted by Gasteiger charge is -2.17. The third-order valence-corrected chi connectivity index (χ3v) is 6.74. The lowest BCUT2D eigenvalue weighted by molar-refractivity contribution is 0.296. The summed E-state index contributed by atoms with van der Waals surface area (Å²) in [5.41, 5.74) is 2.50. The maximum absolute atomic E-state index is 4.97. The molecule has 0 aromatic carbocycles. The second-order valence-electron chi connectivity index (χ2n) is 7.01. The van der Waals surface area contributed by atoms with Crippen molar-refractivity contribution >= 4 is 23.1 Å². The van der Waals surface area contributed by atoms with Gasteiger partial charge in [0.1, 0.15) is 5.03 Å². The summed E-state index contributed by atoms with van der Waals surface area (Å²) < 4.78 is 0. The number of rotatable bonds is 12. The molecule has 0 unspecified atom stereocenters. The molecule has 0 N–H and O–H groups in total. The molecular formula is C22H34N2S2. The summed E-state index contributed by atoms with van der Waals surface area (Å²) in [4.78, 5) is 8.82. The van der Waals surface area contributed by atoms with Crippen molar-refractivity contribution in [2.24, 2.45) is 0 Å². The van der Waals surface area contributed by atoms with Crippen LogP contribution in [0, 0.1) is 0 Å². The quantitative estimate of drug-likeness (QED) is 0.289. The van der Waals surface area contributed by atoms with Gasteiger partial charge >= 0.3 is 0 Å². The number of pyridine rings is 1. The molecule has 26 heavy (non-hydrogen) atoms. The van der Waals surface area contributed by atoms with Gasteiger partial charge in [0, 0.05) is 16.1 Å². The van der Waals surface area contributed by atoms with E-state index in [9.17, 15) is 0 Å². The number of hydrogen-bond acceptors (Lipinski definition) is 4. The predicted molar refractivity (Wildman–Crippen MR) is 119 cm³/mol. The molecule has 0 bridgehead atoms. The van der Waals surface area contributed by atoms with E-state index in [2.05, 4.69) is 62.2 Å². The van der Waals surface area contributed by atoms with Crippen LogP contribution in [0.25, 0.3) is 10.4 Å². The zero-order valence-corrected chi connectivity index (χ0v) is 18.5. The van der Waals surface area contributed by atoms with Crippen molar-refractivity contribution in [1.29, 1.82) is 0 Å². The second kappa shape index (κ2) is 11.8. The van der Waals surface area contributed by atoms with Gasteiger partial charge in [-0.25, -0.2) is 4.98 Å². The Morgan fingerprint density at radius 1 is 1.04 bits per heavy atom. The van der Waals surface area contributed by atoms with Crippen LogP contribution in [0.3, 0.4) is 0 Å². The van der Waals surface area contributed by atoms with Gasteiger partial charge in [-0.1, -0.05) is 46.6 Å². The fourth-order valence-electron chi connectivity index (χ4n) is 3.01. The van der Waals surface area contributed by atoms with Crippen LogP contribution in [0.2, 0.25) is 0 Å². The molecule has 0 radical (unpaired) electrons. The number of unbranched alkanes of at least 4 members (excludes halogenated alkanes) is 3. The van der Waals surface area contributed by atoms with Gasteiger partial charge in [-0.3, -0.25) is 0 Å². The first kappa shape index (κ1) is 21.5. The number of hydrogen-bond donors (Lipinski definition) is 0. The van der Waals surface area contributed by atoms with Crippen LogP contribution >= 0.6 is 23.1 Å².